The van der Waals surface area contributed by atoms with Crippen LogP contribution in [0.1, 0.15) is 258 Å². The number of esters is 2. The Balaban J connectivity index is 4.20. The minimum Gasteiger partial charge on any atom is -0.462 e. The van der Waals surface area contributed by atoms with Crippen LogP contribution in [0.25, 0.3) is 0 Å². The number of quaternary nitrogens is 1. The van der Waals surface area contributed by atoms with Crippen molar-refractivity contribution in [1.82, 2.24) is 0 Å². The Labute approximate surface area is 396 Å². The first-order chi connectivity index (χ1) is 31.0. The largest absolute Gasteiger partial charge is 0.472 e. The molecule has 0 saturated heterocycles. The minimum atomic E-state index is -4.38. The van der Waals surface area contributed by atoms with Crippen molar-refractivity contribution in [2.45, 2.75) is 264 Å². The highest BCUT2D eigenvalue weighted by atomic mass is 31.2. The number of likely N-dealkylation sites (N-methyl/N-ethyl adjacent to an activating group) is 1. The van der Waals surface area contributed by atoms with Gasteiger partial charge in [-0.05, 0) is 44.9 Å². The average Bonchev–Trinajstić information content (AvgIpc) is 3.25. The van der Waals surface area contributed by atoms with Gasteiger partial charge in [0.15, 0.2) is 6.10 Å². The summed E-state index contributed by atoms with van der Waals surface area (Å²) in [6, 6.07) is 0. The fraction of sp³-hybridized carbons (Fsp3) is 0.889. The number of hydrogen-bond acceptors (Lipinski definition) is 7. The summed E-state index contributed by atoms with van der Waals surface area (Å²) in [4.78, 5) is 35.6. The van der Waals surface area contributed by atoms with Gasteiger partial charge in [0.1, 0.15) is 19.8 Å². The van der Waals surface area contributed by atoms with Crippen molar-refractivity contribution in [2.75, 3.05) is 47.5 Å². The molecule has 10 heteroatoms. The molecule has 0 fully saturated rings. The molecule has 0 rings (SSSR count). The summed E-state index contributed by atoms with van der Waals surface area (Å²) < 4.78 is 34.5. The lowest BCUT2D eigenvalue weighted by Gasteiger charge is -2.24. The zero-order valence-corrected chi connectivity index (χ0v) is 43.7. The van der Waals surface area contributed by atoms with Crippen LogP contribution in [0.4, 0.5) is 0 Å². The van der Waals surface area contributed by atoms with Crippen LogP contribution in [-0.4, -0.2) is 74.9 Å². The summed E-state index contributed by atoms with van der Waals surface area (Å²) in [6.07, 6.45) is 53.7. The maximum absolute atomic E-state index is 12.8. The maximum atomic E-state index is 12.8. The van der Waals surface area contributed by atoms with E-state index in [-0.39, 0.29) is 25.6 Å². The highest BCUT2D eigenvalue weighted by molar-refractivity contribution is 7.47. The van der Waals surface area contributed by atoms with E-state index in [0.717, 1.165) is 44.9 Å². The van der Waals surface area contributed by atoms with E-state index in [0.29, 0.717) is 23.9 Å². The van der Waals surface area contributed by atoms with Gasteiger partial charge in [0.05, 0.1) is 27.7 Å². The summed E-state index contributed by atoms with van der Waals surface area (Å²) in [5.74, 6) is -0.789. The topological polar surface area (TPSA) is 108 Å². The van der Waals surface area contributed by atoms with Crippen molar-refractivity contribution in [1.29, 1.82) is 0 Å². The third-order valence-corrected chi connectivity index (χ3v) is 13.0. The van der Waals surface area contributed by atoms with Gasteiger partial charge in [-0.25, -0.2) is 4.57 Å². The lowest BCUT2D eigenvalue weighted by Crippen LogP contribution is -2.37. The molecule has 0 amide bonds. The number of allylic oxidation sites excluding steroid dienone is 4. The van der Waals surface area contributed by atoms with Gasteiger partial charge in [-0.15, -0.1) is 0 Å². The molecule has 0 saturated carbocycles. The number of carbonyl (C=O) groups excluding carboxylic acids is 2. The molecule has 378 valence electrons. The number of rotatable bonds is 50. The summed E-state index contributed by atoms with van der Waals surface area (Å²) in [5, 5.41) is 0. The molecule has 0 spiro atoms. The van der Waals surface area contributed by atoms with E-state index >= 15 is 0 Å². The highest BCUT2D eigenvalue weighted by Gasteiger charge is 2.27. The normalized spacial score (nSPS) is 13.5. The molecule has 0 aliphatic rings. The van der Waals surface area contributed by atoms with Gasteiger partial charge in [-0.2, -0.15) is 0 Å². The van der Waals surface area contributed by atoms with Gasteiger partial charge in [0.25, 0.3) is 0 Å². The molecule has 0 aliphatic heterocycles. The van der Waals surface area contributed by atoms with E-state index < -0.39 is 26.5 Å². The SMILES string of the molecule is CCCCCCC/C=C\C/C=C\CCCCCCCCCCCC(=O)OC(COC(=O)CCCCCCCCCCCCCCCCCCCCC)COP(=O)(O)OCC[N+](C)(C)C. The Morgan fingerprint density at radius 2 is 0.844 bits per heavy atom. The van der Waals surface area contributed by atoms with Gasteiger partial charge in [0, 0.05) is 12.8 Å². The third kappa shape index (κ3) is 49.9. The quantitative estimate of drug-likeness (QED) is 0.0211. The van der Waals surface area contributed by atoms with E-state index in [2.05, 4.69) is 38.2 Å². The monoisotopic (exact) mass is 927 g/mol. The molecule has 0 bridgehead atoms. The van der Waals surface area contributed by atoms with Crippen molar-refractivity contribution in [2.24, 2.45) is 0 Å². The molecule has 0 aliphatic carbocycles. The predicted octanol–water partition coefficient (Wildman–Crippen LogP) is 16.3. The fourth-order valence-corrected chi connectivity index (χ4v) is 8.49. The number of carbonyl (C=O) groups is 2. The van der Waals surface area contributed by atoms with E-state index in [9.17, 15) is 19.0 Å². The number of nitrogens with zero attached hydrogens (tertiary/aromatic N) is 1. The molecule has 9 nitrogen and oxygen atoms in total. The Morgan fingerprint density at radius 3 is 1.23 bits per heavy atom. The number of phosphoric acid groups is 1. The number of ether oxygens (including phenoxy) is 2. The van der Waals surface area contributed by atoms with Crippen LogP contribution in [0, 0.1) is 0 Å². The standard InChI is InChI=1S/C54H104NO8P/c1-6-8-10-12-14-16-18-20-22-24-26-27-29-31-33-35-37-39-41-43-45-47-54(57)63-52(51-62-64(58,59)61-49-48-55(3,4)5)50-60-53(56)46-44-42-40-38-36-34-32-30-28-25-23-21-19-17-15-13-11-9-7-2/h18,20,24,26,52H,6-17,19,21-23,25,27-51H2,1-5H3/p+1/b20-18-,26-24-. The molecule has 2 unspecified atom stereocenters. The minimum absolute atomic E-state index is 0.0331. The molecular formula is C54H105NO8P+. The van der Waals surface area contributed by atoms with E-state index in [1.165, 1.54) is 180 Å². The Morgan fingerprint density at radius 1 is 0.484 bits per heavy atom. The van der Waals surface area contributed by atoms with Crippen molar-refractivity contribution in [3.63, 3.8) is 0 Å². The van der Waals surface area contributed by atoms with Crippen LogP contribution in [0.15, 0.2) is 24.3 Å². The highest BCUT2D eigenvalue weighted by Crippen LogP contribution is 2.43. The zero-order valence-electron chi connectivity index (χ0n) is 42.8. The first-order valence-electron chi connectivity index (χ1n) is 27.1. The predicted molar refractivity (Wildman–Crippen MR) is 271 cm³/mol. The van der Waals surface area contributed by atoms with Crippen LogP contribution < -0.4 is 0 Å². The molecule has 0 aromatic heterocycles. The van der Waals surface area contributed by atoms with Crippen molar-refractivity contribution in [3.05, 3.63) is 24.3 Å². The summed E-state index contributed by atoms with van der Waals surface area (Å²) in [5.41, 5.74) is 0. The zero-order chi connectivity index (χ0) is 47.1. The van der Waals surface area contributed by atoms with Crippen molar-refractivity contribution < 1.29 is 42.1 Å². The van der Waals surface area contributed by atoms with Crippen LogP contribution in [-0.2, 0) is 32.7 Å². The molecule has 1 N–H and O–H groups in total. The first kappa shape index (κ1) is 62.5. The fourth-order valence-electron chi connectivity index (χ4n) is 7.75. The Hall–Kier alpha value is -1.51. The number of phosphoric ester groups is 1. The third-order valence-electron chi connectivity index (χ3n) is 12.0. The Kier molecular flexibility index (Phi) is 45.5. The molecule has 0 aromatic carbocycles. The maximum Gasteiger partial charge on any atom is 0.472 e. The molecule has 0 radical (unpaired) electrons. The molecule has 2 atom stereocenters. The van der Waals surface area contributed by atoms with Crippen LogP contribution >= 0.6 is 7.82 Å². The lowest BCUT2D eigenvalue weighted by molar-refractivity contribution is -0.870. The molecule has 0 heterocycles. The van der Waals surface area contributed by atoms with E-state index in [1.54, 1.807) is 0 Å². The summed E-state index contributed by atoms with van der Waals surface area (Å²) in [7, 11) is 1.49. The van der Waals surface area contributed by atoms with Gasteiger partial charge in [0.2, 0.25) is 0 Å². The van der Waals surface area contributed by atoms with E-state index in [4.69, 9.17) is 18.5 Å². The van der Waals surface area contributed by atoms with Crippen molar-refractivity contribution >= 4 is 19.8 Å². The second kappa shape index (κ2) is 46.6. The number of hydrogen-bond donors (Lipinski definition) is 1. The van der Waals surface area contributed by atoms with Crippen LogP contribution in [0.5, 0.6) is 0 Å². The van der Waals surface area contributed by atoms with Gasteiger partial charge in [-0.1, -0.05) is 224 Å². The van der Waals surface area contributed by atoms with E-state index in [1.807, 2.05) is 21.1 Å². The second-order valence-electron chi connectivity index (χ2n) is 19.6. The lowest BCUT2D eigenvalue weighted by atomic mass is 10.0. The van der Waals surface area contributed by atoms with Gasteiger partial charge >= 0.3 is 19.8 Å². The van der Waals surface area contributed by atoms with Crippen LogP contribution in [0.3, 0.4) is 0 Å². The number of unbranched alkanes of at least 4 members (excludes halogenated alkanes) is 32. The molecule has 64 heavy (non-hydrogen) atoms. The second-order valence-corrected chi connectivity index (χ2v) is 21.1. The summed E-state index contributed by atoms with van der Waals surface area (Å²) >= 11 is 0. The average molecular weight is 927 g/mol. The summed E-state index contributed by atoms with van der Waals surface area (Å²) in [6.45, 7) is 4.46. The van der Waals surface area contributed by atoms with Gasteiger partial charge in [-0.3, -0.25) is 18.6 Å². The van der Waals surface area contributed by atoms with Crippen molar-refractivity contribution in [3.8, 4) is 0 Å². The smallest absolute Gasteiger partial charge is 0.462 e. The first-order valence-corrected chi connectivity index (χ1v) is 28.6. The van der Waals surface area contributed by atoms with Crippen LogP contribution in [0.2, 0.25) is 0 Å². The van der Waals surface area contributed by atoms with Gasteiger partial charge < -0.3 is 18.9 Å². The Bertz CT molecular complexity index is 1140. The molecular weight excluding hydrogens is 822 g/mol. The molecule has 0 aromatic rings.